The number of nitrogens with one attached hydrogen (secondary N) is 1. The largest absolute Gasteiger partial charge is 0.467 e. The van der Waals surface area contributed by atoms with Crippen LogP contribution in [0, 0.1) is 13.8 Å². The predicted octanol–water partition coefficient (Wildman–Crippen LogP) is 0.706. The average molecular weight is 230 g/mol. The fourth-order valence-electron chi connectivity index (χ4n) is 1.00. The van der Waals surface area contributed by atoms with Crippen LogP contribution in [-0.4, -0.2) is 35.8 Å². The van der Waals surface area contributed by atoms with Gasteiger partial charge in [0, 0.05) is 4.88 Å². The zero-order valence-corrected chi connectivity index (χ0v) is 9.72. The van der Waals surface area contributed by atoms with Gasteiger partial charge in [-0.15, -0.1) is 11.3 Å². The van der Waals surface area contributed by atoms with Crippen LogP contribution >= 0.6 is 11.3 Å². The lowest BCUT2D eigenvalue weighted by atomic mass is 10.3. The van der Waals surface area contributed by atoms with E-state index < -0.39 is 12.0 Å². The molecular formula is C9H14N2O3S. The average Bonchev–Trinajstić information content (AvgIpc) is 2.53. The first kappa shape index (κ1) is 11.9. The molecule has 0 aliphatic carbocycles. The van der Waals surface area contributed by atoms with E-state index >= 15 is 0 Å². The van der Waals surface area contributed by atoms with Crippen molar-refractivity contribution >= 4 is 22.4 Å². The van der Waals surface area contributed by atoms with Gasteiger partial charge in [0.15, 0.2) is 5.13 Å². The topological polar surface area (TPSA) is 71.5 Å². The Morgan fingerprint density at radius 3 is 2.73 bits per heavy atom. The van der Waals surface area contributed by atoms with Crippen molar-refractivity contribution < 1.29 is 14.6 Å². The quantitative estimate of drug-likeness (QED) is 0.745. The van der Waals surface area contributed by atoms with Gasteiger partial charge in [0.25, 0.3) is 0 Å². The van der Waals surface area contributed by atoms with Crippen LogP contribution in [0.1, 0.15) is 10.6 Å². The van der Waals surface area contributed by atoms with E-state index in [9.17, 15) is 4.79 Å². The summed E-state index contributed by atoms with van der Waals surface area (Å²) in [5, 5.41) is 12.4. The number of aliphatic hydroxyl groups excluding tert-OH is 1. The number of aryl methyl sites for hydroxylation is 2. The Morgan fingerprint density at radius 2 is 2.33 bits per heavy atom. The van der Waals surface area contributed by atoms with E-state index in [0.29, 0.717) is 5.13 Å². The summed E-state index contributed by atoms with van der Waals surface area (Å²) in [6, 6.07) is -0.750. The Morgan fingerprint density at radius 1 is 1.67 bits per heavy atom. The summed E-state index contributed by atoms with van der Waals surface area (Å²) >= 11 is 1.44. The van der Waals surface area contributed by atoms with Crippen LogP contribution in [0.4, 0.5) is 5.13 Å². The number of carbonyl (C=O) groups is 1. The van der Waals surface area contributed by atoms with Gasteiger partial charge in [-0.1, -0.05) is 0 Å². The molecule has 0 radical (unpaired) electrons. The number of esters is 1. The monoisotopic (exact) mass is 230 g/mol. The molecule has 1 aromatic heterocycles. The molecule has 1 rings (SSSR count). The number of carbonyl (C=O) groups excluding carboxylic acids is 1. The molecule has 84 valence electrons. The molecule has 2 N–H and O–H groups in total. The number of aliphatic hydroxyl groups is 1. The van der Waals surface area contributed by atoms with Gasteiger partial charge in [-0.3, -0.25) is 0 Å². The Bertz CT molecular complexity index is 332. The molecule has 0 fully saturated rings. The Balaban J connectivity index is 2.70. The van der Waals surface area contributed by atoms with Crippen molar-refractivity contribution in [3.63, 3.8) is 0 Å². The van der Waals surface area contributed by atoms with Crippen molar-refractivity contribution in [1.29, 1.82) is 0 Å². The minimum atomic E-state index is -0.750. The highest BCUT2D eigenvalue weighted by molar-refractivity contribution is 7.15. The number of rotatable bonds is 4. The smallest absolute Gasteiger partial charge is 0.330 e. The third kappa shape index (κ3) is 2.90. The van der Waals surface area contributed by atoms with Crippen LogP contribution in [0.3, 0.4) is 0 Å². The lowest BCUT2D eigenvalue weighted by Crippen LogP contribution is -2.33. The molecule has 0 aliphatic rings. The van der Waals surface area contributed by atoms with Crippen LogP contribution in [0.2, 0.25) is 0 Å². The first-order valence-corrected chi connectivity index (χ1v) is 5.29. The number of aromatic nitrogens is 1. The highest BCUT2D eigenvalue weighted by Gasteiger charge is 2.19. The summed E-state index contributed by atoms with van der Waals surface area (Å²) in [5.41, 5.74) is 0.920. The van der Waals surface area contributed by atoms with Crippen molar-refractivity contribution in [2.24, 2.45) is 0 Å². The maximum atomic E-state index is 11.2. The molecule has 15 heavy (non-hydrogen) atoms. The molecule has 0 aromatic carbocycles. The number of nitrogens with zero attached hydrogens (tertiary/aromatic N) is 1. The summed E-state index contributed by atoms with van der Waals surface area (Å²) in [6.45, 7) is 3.53. The van der Waals surface area contributed by atoms with Crippen molar-refractivity contribution in [1.82, 2.24) is 4.98 Å². The molecule has 0 bridgehead atoms. The Kier molecular flexibility index (Phi) is 4.05. The highest BCUT2D eigenvalue weighted by atomic mass is 32.1. The van der Waals surface area contributed by atoms with Crippen LogP contribution in [-0.2, 0) is 9.53 Å². The summed E-state index contributed by atoms with van der Waals surface area (Å²) < 4.78 is 4.53. The van der Waals surface area contributed by atoms with Gasteiger partial charge >= 0.3 is 5.97 Å². The van der Waals surface area contributed by atoms with E-state index in [1.807, 2.05) is 13.8 Å². The lowest BCUT2D eigenvalue weighted by molar-refractivity contribution is -0.142. The van der Waals surface area contributed by atoms with Gasteiger partial charge in [-0.05, 0) is 13.8 Å². The van der Waals surface area contributed by atoms with Crippen molar-refractivity contribution in [3.8, 4) is 0 Å². The second-order valence-corrected chi connectivity index (χ2v) is 4.27. The molecule has 1 unspecified atom stereocenters. The summed E-state index contributed by atoms with van der Waals surface area (Å²) in [7, 11) is 1.28. The molecule has 1 heterocycles. The second-order valence-electron chi connectivity index (χ2n) is 3.06. The van der Waals surface area contributed by atoms with Crippen molar-refractivity contribution in [2.75, 3.05) is 19.0 Å². The Hall–Kier alpha value is -1.14. The SMILES string of the molecule is COC(=O)C(CO)Nc1nc(C)c(C)s1. The van der Waals surface area contributed by atoms with E-state index in [-0.39, 0.29) is 6.61 Å². The predicted molar refractivity (Wildman–Crippen MR) is 58.1 cm³/mol. The van der Waals surface area contributed by atoms with E-state index in [1.54, 1.807) is 0 Å². The molecule has 5 nitrogen and oxygen atoms in total. The lowest BCUT2D eigenvalue weighted by Gasteiger charge is -2.12. The van der Waals surface area contributed by atoms with Gasteiger partial charge < -0.3 is 15.2 Å². The normalized spacial score (nSPS) is 12.3. The van der Waals surface area contributed by atoms with Crippen molar-refractivity contribution in [2.45, 2.75) is 19.9 Å². The second kappa shape index (κ2) is 5.09. The molecule has 0 amide bonds. The first-order valence-electron chi connectivity index (χ1n) is 4.47. The van der Waals surface area contributed by atoms with Crippen LogP contribution in [0.15, 0.2) is 0 Å². The fourth-order valence-corrected chi connectivity index (χ4v) is 1.87. The van der Waals surface area contributed by atoms with E-state index in [2.05, 4.69) is 15.0 Å². The molecule has 0 saturated carbocycles. The van der Waals surface area contributed by atoms with Gasteiger partial charge in [0.2, 0.25) is 0 Å². The molecule has 0 spiro atoms. The molecule has 6 heteroatoms. The van der Waals surface area contributed by atoms with Gasteiger partial charge in [0.1, 0.15) is 6.04 Å². The minimum Gasteiger partial charge on any atom is -0.467 e. The summed E-state index contributed by atoms with van der Waals surface area (Å²) in [6.07, 6.45) is 0. The molecular weight excluding hydrogens is 216 g/mol. The molecule has 0 aliphatic heterocycles. The number of hydrogen-bond acceptors (Lipinski definition) is 6. The zero-order chi connectivity index (χ0) is 11.4. The van der Waals surface area contributed by atoms with E-state index in [0.717, 1.165) is 10.6 Å². The number of ether oxygens (including phenoxy) is 1. The number of thiazole rings is 1. The van der Waals surface area contributed by atoms with Gasteiger partial charge in [-0.25, -0.2) is 9.78 Å². The standard InChI is InChI=1S/C9H14N2O3S/c1-5-6(2)15-9(10-5)11-7(4-12)8(13)14-3/h7,12H,4H2,1-3H3,(H,10,11). The number of hydrogen-bond donors (Lipinski definition) is 2. The highest BCUT2D eigenvalue weighted by Crippen LogP contribution is 2.21. The van der Waals surface area contributed by atoms with E-state index in [1.165, 1.54) is 18.4 Å². The van der Waals surface area contributed by atoms with Gasteiger partial charge in [0.05, 0.1) is 19.4 Å². The summed E-state index contributed by atoms with van der Waals surface area (Å²) in [5.74, 6) is -0.497. The number of methoxy groups -OCH3 is 1. The zero-order valence-electron chi connectivity index (χ0n) is 8.90. The molecule has 1 atom stereocenters. The van der Waals surface area contributed by atoms with Crippen molar-refractivity contribution in [3.05, 3.63) is 10.6 Å². The first-order chi connectivity index (χ1) is 7.08. The summed E-state index contributed by atoms with van der Waals surface area (Å²) in [4.78, 5) is 16.5. The third-order valence-electron chi connectivity index (χ3n) is 1.99. The maximum absolute atomic E-state index is 11.2. The van der Waals surface area contributed by atoms with Gasteiger partial charge in [-0.2, -0.15) is 0 Å². The Labute approximate surface area is 92.1 Å². The van der Waals surface area contributed by atoms with Crippen LogP contribution < -0.4 is 5.32 Å². The molecule has 0 saturated heterocycles. The maximum Gasteiger partial charge on any atom is 0.330 e. The van der Waals surface area contributed by atoms with Crippen LogP contribution in [0.5, 0.6) is 0 Å². The number of anilines is 1. The third-order valence-corrected chi connectivity index (χ3v) is 3.00. The molecule has 1 aromatic rings. The minimum absolute atomic E-state index is 0.315. The van der Waals surface area contributed by atoms with Crippen LogP contribution in [0.25, 0.3) is 0 Å². The fraction of sp³-hybridized carbons (Fsp3) is 0.556. The van der Waals surface area contributed by atoms with E-state index in [4.69, 9.17) is 5.11 Å².